The van der Waals surface area contributed by atoms with Crippen molar-refractivity contribution in [1.29, 1.82) is 5.26 Å². The molecule has 7 heteroatoms. The molecule has 0 atom stereocenters. The largest absolute Gasteiger partial charge is 0.369 e. The summed E-state index contributed by atoms with van der Waals surface area (Å²) >= 11 is 0. The Labute approximate surface area is 150 Å². The SMILES string of the molecule is CN(C)/C=N/c1c(C#N)c2ccc([N+](=O)[O-])cc2n1Cc1ccccc1. The van der Waals surface area contributed by atoms with Crippen molar-refractivity contribution in [2.75, 3.05) is 14.1 Å². The highest BCUT2D eigenvalue weighted by Gasteiger charge is 2.19. The molecule has 130 valence electrons. The summed E-state index contributed by atoms with van der Waals surface area (Å²) in [5, 5.41) is 21.5. The van der Waals surface area contributed by atoms with E-state index < -0.39 is 4.92 Å². The first-order valence-corrected chi connectivity index (χ1v) is 7.96. The van der Waals surface area contributed by atoms with Crippen LogP contribution in [0.25, 0.3) is 10.9 Å². The highest BCUT2D eigenvalue weighted by atomic mass is 16.6. The summed E-state index contributed by atoms with van der Waals surface area (Å²) in [6.45, 7) is 0.459. The van der Waals surface area contributed by atoms with Gasteiger partial charge in [0.1, 0.15) is 11.6 Å². The summed E-state index contributed by atoms with van der Waals surface area (Å²) in [6.07, 6.45) is 1.62. The lowest BCUT2D eigenvalue weighted by Gasteiger charge is -2.09. The summed E-state index contributed by atoms with van der Waals surface area (Å²) < 4.78 is 1.84. The van der Waals surface area contributed by atoms with Crippen LogP contribution in [-0.4, -0.2) is 34.8 Å². The van der Waals surface area contributed by atoms with Gasteiger partial charge in [-0.3, -0.25) is 10.1 Å². The lowest BCUT2D eigenvalue weighted by Crippen LogP contribution is -2.08. The minimum absolute atomic E-state index is 0.0167. The first-order valence-electron chi connectivity index (χ1n) is 7.96. The van der Waals surface area contributed by atoms with Crippen LogP contribution in [0.1, 0.15) is 11.1 Å². The zero-order valence-corrected chi connectivity index (χ0v) is 14.5. The fourth-order valence-electron chi connectivity index (χ4n) is 2.78. The normalized spacial score (nSPS) is 11.0. The zero-order valence-electron chi connectivity index (χ0n) is 14.5. The first kappa shape index (κ1) is 17.2. The Morgan fingerprint density at radius 2 is 2.00 bits per heavy atom. The van der Waals surface area contributed by atoms with Crippen molar-refractivity contribution in [2.24, 2.45) is 4.99 Å². The molecule has 7 nitrogen and oxygen atoms in total. The van der Waals surface area contributed by atoms with E-state index in [2.05, 4.69) is 11.1 Å². The molecule has 0 unspecified atom stereocenters. The van der Waals surface area contributed by atoms with Crippen molar-refractivity contribution in [1.82, 2.24) is 9.47 Å². The van der Waals surface area contributed by atoms with Gasteiger partial charge >= 0.3 is 0 Å². The van der Waals surface area contributed by atoms with Gasteiger partial charge in [-0.25, -0.2) is 4.99 Å². The predicted molar refractivity (Wildman–Crippen MR) is 101 cm³/mol. The summed E-state index contributed by atoms with van der Waals surface area (Å²) in [7, 11) is 3.68. The van der Waals surface area contributed by atoms with Gasteiger partial charge in [0, 0.05) is 38.2 Å². The molecule has 1 aromatic heterocycles. The third kappa shape index (κ3) is 3.26. The molecule has 3 rings (SSSR count). The number of aromatic nitrogens is 1. The Kier molecular flexibility index (Phi) is 4.67. The van der Waals surface area contributed by atoms with Crippen LogP contribution < -0.4 is 0 Å². The lowest BCUT2D eigenvalue weighted by molar-refractivity contribution is -0.384. The number of nitrogens with zero attached hydrogens (tertiary/aromatic N) is 5. The van der Waals surface area contributed by atoms with E-state index in [0.29, 0.717) is 28.8 Å². The van der Waals surface area contributed by atoms with Crippen LogP contribution in [0, 0.1) is 21.4 Å². The van der Waals surface area contributed by atoms with Crippen LogP contribution in [0.3, 0.4) is 0 Å². The third-order valence-corrected chi connectivity index (χ3v) is 3.94. The van der Waals surface area contributed by atoms with Crippen LogP contribution >= 0.6 is 0 Å². The molecular formula is C19H17N5O2. The van der Waals surface area contributed by atoms with Gasteiger partial charge in [-0.05, 0) is 11.6 Å². The van der Waals surface area contributed by atoms with E-state index in [9.17, 15) is 15.4 Å². The first-order chi connectivity index (χ1) is 12.5. The summed E-state index contributed by atoms with van der Waals surface area (Å²) in [4.78, 5) is 17.0. The smallest absolute Gasteiger partial charge is 0.271 e. The van der Waals surface area contributed by atoms with Crippen molar-refractivity contribution < 1.29 is 4.92 Å². The number of benzene rings is 2. The molecule has 0 aliphatic heterocycles. The minimum atomic E-state index is -0.436. The van der Waals surface area contributed by atoms with Gasteiger partial charge in [0.25, 0.3) is 5.69 Å². The van der Waals surface area contributed by atoms with Gasteiger partial charge < -0.3 is 9.47 Å². The average molecular weight is 347 g/mol. The number of aliphatic imine (C=N–C) groups is 1. The fraction of sp³-hybridized carbons (Fsp3) is 0.158. The fourth-order valence-corrected chi connectivity index (χ4v) is 2.78. The van der Waals surface area contributed by atoms with Crippen molar-refractivity contribution in [3.63, 3.8) is 0 Å². The van der Waals surface area contributed by atoms with Gasteiger partial charge in [0.05, 0.1) is 16.8 Å². The quantitative estimate of drug-likeness (QED) is 0.305. The average Bonchev–Trinajstić information content (AvgIpc) is 2.92. The summed E-state index contributed by atoms with van der Waals surface area (Å²) in [6, 6.07) is 16.4. The topological polar surface area (TPSA) is 87.5 Å². The number of nitro groups is 1. The Morgan fingerprint density at radius 1 is 1.27 bits per heavy atom. The Hall–Kier alpha value is -3.66. The van der Waals surface area contributed by atoms with E-state index in [1.807, 2.05) is 49.0 Å². The number of non-ortho nitro benzene ring substituents is 1. The maximum atomic E-state index is 11.2. The Bertz CT molecular complexity index is 1030. The van der Waals surface area contributed by atoms with E-state index in [-0.39, 0.29) is 5.69 Å². The second kappa shape index (κ2) is 7.07. The van der Waals surface area contributed by atoms with Gasteiger partial charge in [-0.1, -0.05) is 30.3 Å². The molecule has 0 fully saturated rings. The van der Waals surface area contributed by atoms with Crippen molar-refractivity contribution in [2.45, 2.75) is 6.54 Å². The standard InChI is InChI=1S/C19H17N5O2/c1-22(2)13-21-19-17(11-20)16-9-8-15(24(25)26)10-18(16)23(19)12-14-6-4-3-5-7-14/h3-10,13H,12H2,1-2H3/b21-13+. The molecule has 26 heavy (non-hydrogen) atoms. The number of fused-ring (bicyclic) bond motifs is 1. The second-order valence-electron chi connectivity index (χ2n) is 6.05. The number of hydrogen-bond donors (Lipinski definition) is 0. The van der Waals surface area contributed by atoms with Gasteiger partial charge in [-0.15, -0.1) is 0 Å². The third-order valence-electron chi connectivity index (χ3n) is 3.94. The molecule has 2 aromatic carbocycles. The second-order valence-corrected chi connectivity index (χ2v) is 6.05. The minimum Gasteiger partial charge on any atom is -0.369 e. The Balaban J connectivity index is 2.28. The molecule has 0 N–H and O–H groups in total. The summed E-state index contributed by atoms with van der Waals surface area (Å²) in [5.74, 6) is 0.487. The van der Waals surface area contributed by atoms with Crippen LogP contribution in [0.4, 0.5) is 11.5 Å². The van der Waals surface area contributed by atoms with E-state index in [0.717, 1.165) is 5.56 Å². The van der Waals surface area contributed by atoms with Crippen LogP contribution in [-0.2, 0) is 6.54 Å². The van der Waals surface area contributed by atoms with Crippen LogP contribution in [0.15, 0.2) is 53.5 Å². The molecule has 0 radical (unpaired) electrons. The number of nitro benzene ring substituents is 1. The van der Waals surface area contributed by atoms with Crippen molar-refractivity contribution in [3.8, 4) is 6.07 Å². The van der Waals surface area contributed by atoms with E-state index in [1.54, 1.807) is 17.3 Å². The number of nitriles is 1. The summed E-state index contributed by atoms with van der Waals surface area (Å²) in [5.41, 5.74) is 2.02. The highest BCUT2D eigenvalue weighted by Crippen LogP contribution is 2.34. The van der Waals surface area contributed by atoms with Crippen molar-refractivity contribution in [3.05, 3.63) is 69.8 Å². The molecule has 0 saturated heterocycles. The molecule has 0 bridgehead atoms. The highest BCUT2D eigenvalue weighted by molar-refractivity contribution is 5.94. The molecule has 0 aliphatic carbocycles. The number of hydrogen-bond acceptors (Lipinski definition) is 4. The molecule has 0 aliphatic rings. The van der Waals surface area contributed by atoms with Crippen LogP contribution in [0.5, 0.6) is 0 Å². The molecule has 0 spiro atoms. The maximum absolute atomic E-state index is 11.2. The van der Waals surface area contributed by atoms with Gasteiger partial charge in [0.15, 0.2) is 5.82 Å². The lowest BCUT2D eigenvalue weighted by atomic mass is 10.1. The van der Waals surface area contributed by atoms with Crippen LogP contribution in [0.2, 0.25) is 0 Å². The van der Waals surface area contributed by atoms with Gasteiger partial charge in [-0.2, -0.15) is 5.26 Å². The monoisotopic (exact) mass is 347 g/mol. The molecular weight excluding hydrogens is 330 g/mol. The predicted octanol–water partition coefficient (Wildman–Crippen LogP) is 3.69. The molecule has 1 heterocycles. The maximum Gasteiger partial charge on any atom is 0.271 e. The van der Waals surface area contributed by atoms with Crippen molar-refractivity contribution >= 4 is 28.7 Å². The zero-order chi connectivity index (χ0) is 18.7. The van der Waals surface area contributed by atoms with Gasteiger partial charge in [0.2, 0.25) is 0 Å². The molecule has 0 amide bonds. The van der Waals surface area contributed by atoms with E-state index in [4.69, 9.17) is 0 Å². The molecule has 3 aromatic rings. The van der Waals surface area contributed by atoms with E-state index >= 15 is 0 Å². The molecule has 0 saturated carbocycles. The number of rotatable bonds is 5. The van der Waals surface area contributed by atoms with E-state index in [1.165, 1.54) is 12.1 Å². The Morgan fingerprint density at radius 3 is 2.62 bits per heavy atom.